The van der Waals surface area contributed by atoms with Crippen LogP contribution in [-0.2, 0) is 4.74 Å². The van der Waals surface area contributed by atoms with Crippen molar-refractivity contribution < 1.29 is 14.3 Å². The maximum Gasteiger partial charge on any atom is 0.344 e. The first-order chi connectivity index (χ1) is 13.5. The number of carbonyl (C=O) groups is 1. The number of ether oxygens (including phenoxy) is 2. The van der Waals surface area contributed by atoms with E-state index in [1.54, 1.807) is 13.8 Å². The number of nitrogens with zero attached hydrogens (tertiary/aromatic N) is 3. The monoisotopic (exact) mass is 401 g/mol. The van der Waals surface area contributed by atoms with Crippen LogP contribution in [0.1, 0.15) is 53.4 Å². The third-order valence-electron chi connectivity index (χ3n) is 4.76. The lowest BCUT2D eigenvalue weighted by molar-refractivity contribution is 0.0523. The Morgan fingerprint density at radius 2 is 1.96 bits per heavy atom. The topological polar surface area (TPSA) is 64.0 Å². The minimum absolute atomic E-state index is 0.315. The van der Waals surface area contributed by atoms with Gasteiger partial charge in [-0.1, -0.05) is 0 Å². The highest BCUT2D eigenvalue weighted by Crippen LogP contribution is 2.36. The highest BCUT2D eigenvalue weighted by Gasteiger charge is 2.22. The summed E-state index contributed by atoms with van der Waals surface area (Å²) in [5.41, 5.74) is 3.93. The van der Waals surface area contributed by atoms with Gasteiger partial charge in [0, 0.05) is 24.6 Å². The number of piperidine rings is 1. The van der Waals surface area contributed by atoms with E-state index in [0.29, 0.717) is 28.7 Å². The molecule has 6 nitrogen and oxygen atoms in total. The molecule has 1 aromatic heterocycles. The smallest absolute Gasteiger partial charge is 0.344 e. The summed E-state index contributed by atoms with van der Waals surface area (Å²) >= 11 is 1.16. The Balaban J connectivity index is 1.80. The number of aromatic nitrogens is 1. The fourth-order valence-corrected chi connectivity index (χ4v) is 3.91. The Morgan fingerprint density at radius 1 is 1.21 bits per heavy atom. The zero-order chi connectivity index (χ0) is 20.1. The molecule has 0 atom stereocenters. The Labute approximate surface area is 170 Å². The molecule has 150 valence electrons. The van der Waals surface area contributed by atoms with E-state index < -0.39 is 5.97 Å². The molecular formula is C21H27N3O3S. The second-order valence-corrected chi connectivity index (χ2v) is 7.73. The van der Waals surface area contributed by atoms with Crippen molar-refractivity contribution in [3.63, 3.8) is 0 Å². The van der Waals surface area contributed by atoms with E-state index in [1.165, 1.54) is 19.3 Å². The molecule has 0 bridgehead atoms. The van der Waals surface area contributed by atoms with E-state index in [1.807, 2.05) is 32.3 Å². The third-order valence-corrected chi connectivity index (χ3v) is 5.58. The number of esters is 1. The van der Waals surface area contributed by atoms with Gasteiger partial charge in [-0.05, 0) is 70.2 Å². The summed E-state index contributed by atoms with van der Waals surface area (Å²) in [6, 6.07) is 3.98. The van der Waals surface area contributed by atoms with Crippen LogP contribution in [0.2, 0.25) is 0 Å². The van der Waals surface area contributed by atoms with E-state index in [0.717, 1.165) is 41.4 Å². The van der Waals surface area contributed by atoms with Gasteiger partial charge in [-0.15, -0.1) is 0 Å². The van der Waals surface area contributed by atoms with Crippen molar-refractivity contribution in [1.29, 1.82) is 0 Å². The molecule has 0 N–H and O–H groups in total. The molecule has 0 radical (unpaired) electrons. The summed E-state index contributed by atoms with van der Waals surface area (Å²) in [6.45, 7) is 10.0. The minimum Gasteiger partial charge on any atom is -0.462 e. The molecule has 0 amide bonds. The van der Waals surface area contributed by atoms with Crippen LogP contribution in [0.3, 0.4) is 0 Å². The van der Waals surface area contributed by atoms with E-state index in [9.17, 15) is 4.79 Å². The van der Waals surface area contributed by atoms with Gasteiger partial charge in [0.25, 0.3) is 0 Å². The average Bonchev–Trinajstić information content (AvgIpc) is 3.04. The maximum absolute atomic E-state index is 12.2. The van der Waals surface area contributed by atoms with Gasteiger partial charge in [0.2, 0.25) is 5.06 Å². The van der Waals surface area contributed by atoms with Crippen LogP contribution in [0.25, 0.3) is 0 Å². The van der Waals surface area contributed by atoms with E-state index >= 15 is 0 Å². The summed E-state index contributed by atoms with van der Waals surface area (Å²) in [7, 11) is 0. The zero-order valence-electron chi connectivity index (χ0n) is 16.9. The van der Waals surface area contributed by atoms with Crippen molar-refractivity contribution in [2.75, 3.05) is 19.7 Å². The van der Waals surface area contributed by atoms with Crippen LogP contribution in [0.4, 0.5) is 5.69 Å². The molecule has 1 aliphatic heterocycles. The van der Waals surface area contributed by atoms with Crippen molar-refractivity contribution in [1.82, 2.24) is 9.27 Å². The van der Waals surface area contributed by atoms with E-state index in [4.69, 9.17) is 9.47 Å². The quantitative estimate of drug-likeness (QED) is 0.379. The molecule has 7 heteroatoms. The summed E-state index contributed by atoms with van der Waals surface area (Å²) in [6.07, 6.45) is 5.72. The Hall–Kier alpha value is -2.41. The number of aliphatic imine (C=N–C) groups is 1. The van der Waals surface area contributed by atoms with Gasteiger partial charge >= 0.3 is 5.97 Å². The summed E-state index contributed by atoms with van der Waals surface area (Å²) in [4.78, 5) is 19.2. The first-order valence-electron chi connectivity index (χ1n) is 9.70. The molecule has 0 spiro atoms. The van der Waals surface area contributed by atoms with Gasteiger partial charge in [-0.3, -0.25) is 0 Å². The number of hydrogen-bond donors (Lipinski definition) is 0. The van der Waals surface area contributed by atoms with Crippen LogP contribution < -0.4 is 4.74 Å². The largest absolute Gasteiger partial charge is 0.462 e. The predicted molar refractivity (Wildman–Crippen MR) is 112 cm³/mol. The highest BCUT2D eigenvalue weighted by molar-refractivity contribution is 7.08. The highest BCUT2D eigenvalue weighted by atomic mass is 32.1. The number of benzene rings is 1. The first-order valence-corrected chi connectivity index (χ1v) is 10.5. The SMILES string of the molecule is CCOC(=O)c1c(C)nsc1Oc1cc(C)c(N=CN2CCCCC2)cc1C. The van der Waals surface area contributed by atoms with Gasteiger partial charge in [0.1, 0.15) is 11.3 Å². The van der Waals surface area contributed by atoms with Crippen LogP contribution >= 0.6 is 11.5 Å². The molecule has 3 rings (SSSR count). The van der Waals surface area contributed by atoms with Crippen LogP contribution in [-0.4, -0.2) is 41.3 Å². The predicted octanol–water partition coefficient (Wildman–Crippen LogP) is 5.18. The molecule has 1 aromatic carbocycles. The molecular weight excluding hydrogens is 374 g/mol. The van der Waals surface area contributed by atoms with Gasteiger partial charge in [0.15, 0.2) is 0 Å². The molecule has 1 aliphatic rings. The Morgan fingerprint density at radius 3 is 2.68 bits per heavy atom. The zero-order valence-corrected chi connectivity index (χ0v) is 17.8. The first kappa shape index (κ1) is 20.3. The molecule has 28 heavy (non-hydrogen) atoms. The molecule has 0 unspecified atom stereocenters. The van der Waals surface area contributed by atoms with E-state index in [2.05, 4.69) is 14.3 Å². The van der Waals surface area contributed by atoms with Gasteiger partial charge in [0.05, 0.1) is 24.3 Å². The van der Waals surface area contributed by atoms with Gasteiger partial charge < -0.3 is 14.4 Å². The van der Waals surface area contributed by atoms with Gasteiger partial charge in [-0.2, -0.15) is 4.37 Å². The Kier molecular flexibility index (Phi) is 6.67. The lowest BCUT2D eigenvalue weighted by atomic mass is 10.1. The number of rotatable bonds is 6. The lowest BCUT2D eigenvalue weighted by Crippen LogP contribution is -2.28. The molecule has 2 heterocycles. The standard InChI is InChI=1S/C21H27N3O3S/c1-5-26-20(25)19-16(4)23-28-21(19)27-18-12-14(2)17(11-15(18)3)22-13-24-9-7-6-8-10-24/h11-13H,5-10H2,1-4H3. The fraction of sp³-hybridized carbons (Fsp3) is 0.476. The van der Waals surface area contributed by atoms with E-state index in [-0.39, 0.29) is 0 Å². The summed E-state index contributed by atoms with van der Waals surface area (Å²) in [5.74, 6) is 0.296. The number of carbonyl (C=O) groups excluding carboxylic acids is 1. The van der Waals surface area contributed by atoms with Crippen molar-refractivity contribution >= 4 is 29.5 Å². The summed E-state index contributed by atoms with van der Waals surface area (Å²) < 4.78 is 15.4. The molecule has 0 saturated carbocycles. The van der Waals surface area contributed by atoms with Crippen LogP contribution in [0, 0.1) is 20.8 Å². The number of aryl methyl sites for hydroxylation is 3. The minimum atomic E-state index is -0.402. The second kappa shape index (κ2) is 9.19. The van der Waals surface area contributed by atoms with Crippen molar-refractivity contribution in [3.05, 3.63) is 34.5 Å². The molecule has 0 aliphatic carbocycles. The lowest BCUT2D eigenvalue weighted by Gasteiger charge is -2.23. The normalized spacial score (nSPS) is 14.5. The van der Waals surface area contributed by atoms with Crippen molar-refractivity contribution in [3.8, 4) is 10.8 Å². The van der Waals surface area contributed by atoms with Gasteiger partial charge in [-0.25, -0.2) is 9.79 Å². The fourth-order valence-electron chi connectivity index (χ4n) is 3.15. The molecule has 1 fully saturated rings. The number of likely N-dealkylation sites (tertiary alicyclic amines) is 1. The van der Waals surface area contributed by atoms with Crippen molar-refractivity contribution in [2.24, 2.45) is 4.99 Å². The second-order valence-electron chi connectivity index (χ2n) is 7.00. The van der Waals surface area contributed by atoms with Crippen molar-refractivity contribution in [2.45, 2.75) is 47.0 Å². The average molecular weight is 402 g/mol. The third kappa shape index (κ3) is 4.70. The molecule has 1 saturated heterocycles. The van der Waals surface area contributed by atoms with Crippen LogP contribution in [0.5, 0.6) is 10.8 Å². The summed E-state index contributed by atoms with van der Waals surface area (Å²) in [5, 5.41) is 0.461. The maximum atomic E-state index is 12.2. The van der Waals surface area contributed by atoms with Crippen LogP contribution in [0.15, 0.2) is 17.1 Å². The Bertz CT molecular complexity index is 870. The number of hydrogen-bond acceptors (Lipinski definition) is 6. The molecule has 2 aromatic rings.